The molecule has 148 valence electrons. The summed E-state index contributed by atoms with van der Waals surface area (Å²) in [6.07, 6.45) is 0.776. The molecule has 3 N–H and O–H groups in total. The highest BCUT2D eigenvalue weighted by atomic mass is 19.1. The van der Waals surface area contributed by atoms with Gasteiger partial charge in [-0.25, -0.2) is 13.8 Å². The molecule has 2 heterocycles. The number of rotatable bonds is 4. The van der Waals surface area contributed by atoms with Crippen LogP contribution in [0.2, 0.25) is 0 Å². The first-order valence-electron chi connectivity index (χ1n) is 9.01. The zero-order valence-electron chi connectivity index (χ0n) is 15.2. The van der Waals surface area contributed by atoms with Crippen molar-refractivity contribution >= 4 is 17.4 Å². The van der Waals surface area contributed by atoms with E-state index in [1.54, 1.807) is 0 Å². The van der Waals surface area contributed by atoms with Crippen LogP contribution < -0.4 is 11.1 Å². The molecule has 1 aromatic heterocycles. The number of pyridine rings is 1. The molecular formula is C20H17F2N5O2. The number of nitriles is 1. The van der Waals surface area contributed by atoms with Crippen LogP contribution in [0, 0.1) is 23.1 Å². The normalized spacial score (nSPS) is 23.8. The van der Waals surface area contributed by atoms with Gasteiger partial charge in [-0.2, -0.15) is 5.26 Å². The maximum Gasteiger partial charge on any atom is 0.274 e. The Morgan fingerprint density at radius 1 is 1.34 bits per heavy atom. The summed E-state index contributed by atoms with van der Waals surface area (Å²) in [6.45, 7) is -0.155. The number of alkyl halides is 1. The molecule has 0 spiro atoms. The number of hydrogen-bond donors (Lipinski definition) is 2. The molecule has 29 heavy (non-hydrogen) atoms. The van der Waals surface area contributed by atoms with Crippen LogP contribution in [0.3, 0.4) is 0 Å². The maximum atomic E-state index is 14.9. The van der Waals surface area contributed by atoms with Crippen LogP contribution in [-0.4, -0.2) is 29.7 Å². The number of amidine groups is 1. The number of ether oxygens (including phenoxy) is 1. The Morgan fingerprint density at radius 2 is 2.14 bits per heavy atom. The van der Waals surface area contributed by atoms with E-state index in [2.05, 4.69) is 15.3 Å². The number of benzene rings is 1. The number of anilines is 1. The Hall–Kier alpha value is -3.38. The summed E-state index contributed by atoms with van der Waals surface area (Å²) in [5.41, 5.74) is 4.85. The van der Waals surface area contributed by atoms with Gasteiger partial charge in [0.05, 0.1) is 5.56 Å². The Bertz CT molecular complexity index is 1030. The van der Waals surface area contributed by atoms with Crippen LogP contribution in [0.1, 0.15) is 34.5 Å². The summed E-state index contributed by atoms with van der Waals surface area (Å²) in [5, 5.41) is 11.4. The molecule has 0 bridgehead atoms. The number of carbonyl (C=O) groups is 1. The van der Waals surface area contributed by atoms with E-state index in [4.69, 9.17) is 15.7 Å². The number of aromatic nitrogens is 1. The van der Waals surface area contributed by atoms with E-state index in [9.17, 15) is 13.6 Å². The first kappa shape index (κ1) is 19.0. The van der Waals surface area contributed by atoms with E-state index in [1.165, 1.54) is 30.5 Å². The Balaban J connectivity index is 1.68. The lowest BCUT2D eigenvalue weighted by Crippen LogP contribution is -2.47. The lowest BCUT2D eigenvalue weighted by molar-refractivity contribution is -0.0940. The van der Waals surface area contributed by atoms with E-state index in [-0.39, 0.29) is 35.3 Å². The third kappa shape index (κ3) is 3.43. The number of aliphatic imine (C=N–C) groups is 1. The van der Waals surface area contributed by atoms with E-state index in [0.717, 1.165) is 6.07 Å². The average Bonchev–Trinajstić information content (AvgIpc) is 3.57. The Morgan fingerprint density at radius 3 is 2.79 bits per heavy atom. The number of nitrogens with two attached hydrogens (primary N) is 1. The molecule has 1 amide bonds. The van der Waals surface area contributed by atoms with Gasteiger partial charge in [-0.15, -0.1) is 0 Å². The molecule has 2 atom stereocenters. The smallest absolute Gasteiger partial charge is 0.274 e. The van der Waals surface area contributed by atoms with Gasteiger partial charge in [-0.3, -0.25) is 9.79 Å². The largest absolute Gasteiger partial charge is 0.385 e. The lowest BCUT2D eigenvalue weighted by atomic mass is 9.83. The average molecular weight is 397 g/mol. The topological polar surface area (TPSA) is 113 Å². The van der Waals surface area contributed by atoms with Crippen LogP contribution in [-0.2, 0) is 10.3 Å². The number of halogens is 2. The van der Waals surface area contributed by atoms with Crippen molar-refractivity contribution in [2.75, 3.05) is 11.9 Å². The third-order valence-corrected chi connectivity index (χ3v) is 5.03. The van der Waals surface area contributed by atoms with Crippen LogP contribution in [0.5, 0.6) is 0 Å². The first-order chi connectivity index (χ1) is 13.9. The molecular weight excluding hydrogens is 380 g/mol. The molecule has 7 nitrogen and oxygen atoms in total. The monoisotopic (exact) mass is 397 g/mol. The number of nitrogens with zero attached hydrogens (tertiary/aromatic N) is 3. The van der Waals surface area contributed by atoms with E-state index < -0.39 is 23.6 Å². The second-order valence-corrected chi connectivity index (χ2v) is 7.02. The minimum Gasteiger partial charge on any atom is -0.385 e. The van der Waals surface area contributed by atoms with E-state index >= 15 is 0 Å². The van der Waals surface area contributed by atoms with Gasteiger partial charge in [0.1, 0.15) is 35.6 Å². The van der Waals surface area contributed by atoms with Crippen LogP contribution in [0.4, 0.5) is 14.5 Å². The second kappa shape index (κ2) is 7.22. The molecule has 2 unspecified atom stereocenters. The Kier molecular flexibility index (Phi) is 4.72. The molecule has 1 saturated carbocycles. The van der Waals surface area contributed by atoms with E-state index in [1.807, 2.05) is 6.07 Å². The van der Waals surface area contributed by atoms with Crippen molar-refractivity contribution in [3.63, 3.8) is 0 Å². The molecule has 1 fully saturated rings. The fourth-order valence-electron chi connectivity index (χ4n) is 3.51. The fourth-order valence-corrected chi connectivity index (χ4v) is 3.51. The van der Waals surface area contributed by atoms with E-state index in [0.29, 0.717) is 18.4 Å². The summed E-state index contributed by atoms with van der Waals surface area (Å²) >= 11 is 0. The van der Waals surface area contributed by atoms with Gasteiger partial charge in [0, 0.05) is 17.4 Å². The zero-order valence-corrected chi connectivity index (χ0v) is 15.2. The molecule has 1 aliphatic heterocycles. The van der Waals surface area contributed by atoms with Gasteiger partial charge in [0.2, 0.25) is 6.36 Å². The number of nitrogens with one attached hydrogen (secondary N) is 1. The van der Waals surface area contributed by atoms with Crippen LogP contribution in [0.25, 0.3) is 0 Å². The summed E-state index contributed by atoms with van der Waals surface area (Å²) in [5.74, 6) is -1.35. The Labute approximate surface area is 165 Å². The minimum atomic E-state index is -1.84. The molecule has 2 aromatic rings. The van der Waals surface area contributed by atoms with Crippen molar-refractivity contribution in [1.29, 1.82) is 5.26 Å². The molecule has 1 aromatic carbocycles. The molecule has 9 heteroatoms. The fraction of sp³-hybridized carbons (Fsp3) is 0.300. The van der Waals surface area contributed by atoms with Crippen molar-refractivity contribution in [1.82, 2.24) is 4.98 Å². The first-order valence-corrected chi connectivity index (χ1v) is 9.01. The van der Waals surface area contributed by atoms with Crippen LogP contribution >= 0.6 is 0 Å². The summed E-state index contributed by atoms with van der Waals surface area (Å²) in [7, 11) is 0. The SMILES string of the molecule is N#Cc1ccc(C(=O)Nc2ccc(F)c(C3(C4CC4)N=C(N)COC3F)c2)nc1. The standard InChI is InChI=1S/C20H17F2N5O2/c21-15-5-4-13(26-18(28)16-6-1-11(8-23)9-25-16)7-14(15)20(12-2-3-12)19(22)29-10-17(24)27-20/h1,4-7,9,12,19H,2-3,10H2,(H2,24,27)(H,26,28). The van der Waals surface area contributed by atoms with Gasteiger partial charge >= 0.3 is 0 Å². The molecule has 0 radical (unpaired) electrons. The molecule has 2 aliphatic rings. The molecule has 0 saturated heterocycles. The quantitative estimate of drug-likeness (QED) is 0.823. The predicted octanol–water partition coefficient (Wildman–Crippen LogP) is 2.63. The third-order valence-electron chi connectivity index (χ3n) is 5.03. The zero-order chi connectivity index (χ0) is 20.6. The van der Waals surface area contributed by atoms with Gasteiger partial charge in [0.15, 0.2) is 0 Å². The molecule has 1 aliphatic carbocycles. The van der Waals surface area contributed by atoms with Crippen molar-refractivity contribution < 1.29 is 18.3 Å². The van der Waals surface area contributed by atoms with Crippen molar-refractivity contribution in [2.24, 2.45) is 16.6 Å². The van der Waals surface area contributed by atoms with Gasteiger partial charge < -0.3 is 15.8 Å². The van der Waals surface area contributed by atoms with Crippen molar-refractivity contribution in [3.05, 3.63) is 59.2 Å². The predicted molar refractivity (Wildman–Crippen MR) is 100 cm³/mol. The maximum absolute atomic E-state index is 14.9. The summed E-state index contributed by atoms with van der Waals surface area (Å²) < 4.78 is 34.7. The lowest BCUT2D eigenvalue weighted by Gasteiger charge is -2.37. The van der Waals surface area contributed by atoms with Gasteiger partial charge in [-0.05, 0) is 49.1 Å². The van der Waals surface area contributed by atoms with Gasteiger partial charge in [0.25, 0.3) is 5.91 Å². The van der Waals surface area contributed by atoms with Crippen LogP contribution in [0.15, 0.2) is 41.5 Å². The van der Waals surface area contributed by atoms with Crippen molar-refractivity contribution in [2.45, 2.75) is 24.7 Å². The highest BCUT2D eigenvalue weighted by Gasteiger charge is 2.56. The number of amides is 1. The number of hydrogen-bond acceptors (Lipinski definition) is 6. The molecule has 4 rings (SSSR count). The summed E-state index contributed by atoms with van der Waals surface area (Å²) in [4.78, 5) is 20.6. The minimum absolute atomic E-state index is 0.0132. The van der Waals surface area contributed by atoms with Crippen molar-refractivity contribution in [3.8, 4) is 6.07 Å². The highest BCUT2D eigenvalue weighted by molar-refractivity contribution is 6.02. The van der Waals surface area contributed by atoms with Gasteiger partial charge in [-0.1, -0.05) is 0 Å². The second-order valence-electron chi connectivity index (χ2n) is 7.02. The number of carbonyl (C=O) groups excluding carboxylic acids is 1. The highest BCUT2D eigenvalue weighted by Crippen LogP contribution is 2.53. The summed E-state index contributed by atoms with van der Waals surface area (Å²) in [6, 6.07) is 8.65.